The molecule has 0 aromatic heterocycles. The summed E-state index contributed by atoms with van der Waals surface area (Å²) in [5, 5.41) is 11.4. The zero-order valence-electron chi connectivity index (χ0n) is 16.3. The summed E-state index contributed by atoms with van der Waals surface area (Å²) in [5.74, 6) is 0.668. The quantitative estimate of drug-likeness (QED) is 0.806. The SMILES string of the molecule is O=C(OCc1ccccc1)N1C2CCCC1CC(O)(CC1CCCCC1)C2. The molecule has 3 fully saturated rings. The summed E-state index contributed by atoms with van der Waals surface area (Å²) in [6.45, 7) is 0.321. The number of ether oxygens (including phenoxy) is 1. The van der Waals surface area contributed by atoms with Crippen LogP contribution in [0.4, 0.5) is 4.79 Å². The van der Waals surface area contributed by atoms with Gasteiger partial charge in [0.1, 0.15) is 6.61 Å². The van der Waals surface area contributed by atoms with Gasteiger partial charge < -0.3 is 14.7 Å². The van der Waals surface area contributed by atoms with E-state index >= 15 is 0 Å². The molecule has 4 heteroatoms. The van der Waals surface area contributed by atoms with E-state index in [1.807, 2.05) is 35.2 Å². The molecule has 27 heavy (non-hydrogen) atoms. The number of amides is 1. The zero-order chi connectivity index (χ0) is 18.7. The number of rotatable bonds is 4. The summed E-state index contributed by atoms with van der Waals surface area (Å²) in [5.41, 5.74) is 0.426. The Morgan fingerprint density at radius 3 is 2.33 bits per heavy atom. The minimum absolute atomic E-state index is 0.134. The molecule has 2 aliphatic heterocycles. The Balaban J connectivity index is 1.38. The fourth-order valence-electron chi connectivity index (χ4n) is 5.71. The summed E-state index contributed by atoms with van der Waals surface area (Å²) in [7, 11) is 0. The van der Waals surface area contributed by atoms with Crippen LogP contribution in [0.3, 0.4) is 0 Å². The maximum Gasteiger partial charge on any atom is 0.410 e. The van der Waals surface area contributed by atoms with E-state index in [0.29, 0.717) is 12.5 Å². The highest BCUT2D eigenvalue weighted by Gasteiger charge is 2.48. The summed E-state index contributed by atoms with van der Waals surface area (Å²) in [4.78, 5) is 14.8. The van der Waals surface area contributed by atoms with E-state index < -0.39 is 5.60 Å². The number of piperidine rings is 2. The van der Waals surface area contributed by atoms with Crippen LogP contribution in [0.2, 0.25) is 0 Å². The molecule has 4 nitrogen and oxygen atoms in total. The molecule has 2 saturated heterocycles. The molecular weight excluding hydrogens is 338 g/mol. The summed E-state index contributed by atoms with van der Waals surface area (Å²) in [6, 6.07) is 10.1. The molecule has 148 valence electrons. The van der Waals surface area contributed by atoms with Crippen molar-refractivity contribution in [1.82, 2.24) is 4.90 Å². The van der Waals surface area contributed by atoms with Crippen LogP contribution in [0.5, 0.6) is 0 Å². The Morgan fingerprint density at radius 2 is 1.67 bits per heavy atom. The first kappa shape index (κ1) is 18.8. The average Bonchev–Trinajstić information content (AvgIpc) is 2.67. The Kier molecular flexibility index (Phi) is 5.72. The van der Waals surface area contributed by atoms with Gasteiger partial charge in [0.25, 0.3) is 0 Å². The van der Waals surface area contributed by atoms with Crippen LogP contribution in [0.1, 0.15) is 76.2 Å². The van der Waals surface area contributed by atoms with Gasteiger partial charge in [-0.15, -0.1) is 0 Å². The summed E-state index contributed by atoms with van der Waals surface area (Å²) in [6.07, 6.45) is 11.8. The van der Waals surface area contributed by atoms with Crippen LogP contribution >= 0.6 is 0 Å². The maximum absolute atomic E-state index is 12.8. The van der Waals surface area contributed by atoms with Crippen molar-refractivity contribution in [1.29, 1.82) is 0 Å². The Hall–Kier alpha value is -1.55. The number of fused-ring (bicyclic) bond motifs is 2. The van der Waals surface area contributed by atoms with Crippen molar-refractivity contribution in [3.8, 4) is 0 Å². The van der Waals surface area contributed by atoms with Crippen LogP contribution in [0, 0.1) is 5.92 Å². The molecular formula is C23H33NO3. The van der Waals surface area contributed by atoms with Crippen molar-refractivity contribution in [2.24, 2.45) is 5.92 Å². The minimum Gasteiger partial charge on any atom is -0.445 e. The number of hydrogen-bond acceptors (Lipinski definition) is 3. The van der Waals surface area contributed by atoms with Gasteiger partial charge in [-0.2, -0.15) is 0 Å². The van der Waals surface area contributed by atoms with E-state index in [1.54, 1.807) is 0 Å². The number of carbonyl (C=O) groups is 1. The summed E-state index contributed by atoms with van der Waals surface area (Å²) < 4.78 is 5.63. The third kappa shape index (κ3) is 4.48. The predicted molar refractivity (Wildman–Crippen MR) is 105 cm³/mol. The summed E-state index contributed by atoms with van der Waals surface area (Å²) >= 11 is 0. The van der Waals surface area contributed by atoms with Crippen molar-refractivity contribution in [3.05, 3.63) is 35.9 Å². The number of aliphatic hydroxyl groups is 1. The smallest absolute Gasteiger partial charge is 0.410 e. The molecule has 3 aliphatic rings. The third-order valence-electron chi connectivity index (χ3n) is 6.90. The van der Waals surface area contributed by atoms with Gasteiger partial charge in [0.2, 0.25) is 0 Å². The Morgan fingerprint density at radius 1 is 1.00 bits per heavy atom. The number of carbonyl (C=O) groups excluding carboxylic acids is 1. The largest absolute Gasteiger partial charge is 0.445 e. The molecule has 2 heterocycles. The van der Waals surface area contributed by atoms with Gasteiger partial charge in [0, 0.05) is 12.1 Å². The van der Waals surface area contributed by atoms with Crippen molar-refractivity contribution in [2.45, 2.75) is 94.9 Å². The first-order valence-corrected chi connectivity index (χ1v) is 10.8. The highest BCUT2D eigenvalue weighted by Crippen LogP contribution is 2.44. The molecule has 4 rings (SSSR count). The van der Waals surface area contributed by atoms with E-state index in [1.165, 1.54) is 32.1 Å². The molecule has 1 amide bonds. The fourth-order valence-corrected chi connectivity index (χ4v) is 5.71. The molecule has 1 aromatic rings. The molecule has 1 saturated carbocycles. The molecule has 2 unspecified atom stereocenters. The fraction of sp³-hybridized carbons (Fsp3) is 0.696. The minimum atomic E-state index is -0.589. The molecule has 1 aliphatic carbocycles. The van der Waals surface area contributed by atoms with E-state index in [0.717, 1.165) is 44.1 Å². The predicted octanol–water partition coefficient (Wildman–Crippen LogP) is 5.04. The van der Waals surface area contributed by atoms with E-state index in [-0.39, 0.29) is 18.2 Å². The number of hydrogen-bond donors (Lipinski definition) is 1. The monoisotopic (exact) mass is 371 g/mol. The Labute approximate surface area is 162 Å². The first-order chi connectivity index (χ1) is 13.1. The van der Waals surface area contributed by atoms with Gasteiger partial charge in [-0.3, -0.25) is 0 Å². The molecule has 2 atom stereocenters. The second kappa shape index (κ2) is 8.22. The Bertz CT molecular complexity index is 612. The lowest BCUT2D eigenvalue weighted by atomic mass is 9.70. The first-order valence-electron chi connectivity index (χ1n) is 10.8. The second-order valence-electron chi connectivity index (χ2n) is 9.03. The zero-order valence-corrected chi connectivity index (χ0v) is 16.3. The van der Waals surface area contributed by atoms with E-state index in [2.05, 4.69) is 0 Å². The topological polar surface area (TPSA) is 49.8 Å². The van der Waals surface area contributed by atoms with E-state index in [9.17, 15) is 9.90 Å². The van der Waals surface area contributed by atoms with Crippen molar-refractivity contribution >= 4 is 6.09 Å². The average molecular weight is 372 g/mol. The molecule has 1 aromatic carbocycles. The molecule has 2 bridgehead atoms. The molecule has 1 N–H and O–H groups in total. The highest BCUT2D eigenvalue weighted by atomic mass is 16.6. The van der Waals surface area contributed by atoms with Crippen molar-refractivity contribution in [2.75, 3.05) is 0 Å². The van der Waals surface area contributed by atoms with Gasteiger partial charge in [-0.1, -0.05) is 62.4 Å². The number of benzene rings is 1. The van der Waals surface area contributed by atoms with Gasteiger partial charge in [0.15, 0.2) is 0 Å². The number of nitrogens with zero attached hydrogens (tertiary/aromatic N) is 1. The van der Waals surface area contributed by atoms with Crippen LogP contribution in [0.15, 0.2) is 30.3 Å². The highest BCUT2D eigenvalue weighted by molar-refractivity contribution is 5.69. The third-order valence-corrected chi connectivity index (χ3v) is 6.90. The van der Waals surface area contributed by atoms with Gasteiger partial charge in [-0.25, -0.2) is 4.79 Å². The normalized spacial score (nSPS) is 31.5. The van der Waals surface area contributed by atoms with Crippen LogP contribution in [0.25, 0.3) is 0 Å². The lowest BCUT2D eigenvalue weighted by Gasteiger charge is -2.52. The van der Waals surface area contributed by atoms with Crippen LogP contribution in [-0.4, -0.2) is 33.8 Å². The van der Waals surface area contributed by atoms with E-state index in [4.69, 9.17) is 4.74 Å². The van der Waals surface area contributed by atoms with Crippen LogP contribution in [-0.2, 0) is 11.3 Å². The second-order valence-corrected chi connectivity index (χ2v) is 9.03. The van der Waals surface area contributed by atoms with Gasteiger partial charge >= 0.3 is 6.09 Å². The van der Waals surface area contributed by atoms with Crippen molar-refractivity contribution in [3.63, 3.8) is 0 Å². The van der Waals surface area contributed by atoms with Crippen LogP contribution < -0.4 is 0 Å². The van der Waals surface area contributed by atoms with Gasteiger partial charge in [0.05, 0.1) is 5.60 Å². The maximum atomic E-state index is 12.8. The lowest BCUT2D eigenvalue weighted by Crippen LogP contribution is -2.60. The lowest BCUT2D eigenvalue weighted by molar-refractivity contribution is -0.0975. The molecule has 0 radical (unpaired) electrons. The standard InChI is InChI=1S/C23H33NO3/c25-22(27-17-19-10-5-2-6-11-19)24-20-12-7-13-21(24)16-23(26,15-20)14-18-8-3-1-4-9-18/h2,5-6,10-11,18,20-21,26H,1,3-4,7-9,12-17H2. The molecule has 0 spiro atoms. The van der Waals surface area contributed by atoms with Crippen molar-refractivity contribution < 1.29 is 14.6 Å². The van der Waals surface area contributed by atoms with Gasteiger partial charge in [-0.05, 0) is 50.0 Å².